The van der Waals surface area contributed by atoms with Gasteiger partial charge in [0, 0.05) is 26.2 Å². The van der Waals surface area contributed by atoms with E-state index >= 15 is 0 Å². The number of benzene rings is 1. The van der Waals surface area contributed by atoms with Crippen molar-refractivity contribution in [2.24, 2.45) is 7.05 Å². The third-order valence-electron chi connectivity index (χ3n) is 6.32. The number of rotatable bonds is 4. The highest BCUT2D eigenvalue weighted by Gasteiger charge is 2.35. The average Bonchev–Trinajstić information content (AvgIpc) is 2.81. The minimum absolute atomic E-state index is 0.00448. The number of ether oxygens (including phenoxy) is 1. The highest BCUT2D eigenvalue weighted by atomic mass is 19.4. The monoisotopic (exact) mass is 503 g/mol. The smallest absolute Gasteiger partial charge is 0.377 e. The van der Waals surface area contributed by atoms with Crippen molar-refractivity contribution in [2.45, 2.75) is 52.1 Å². The van der Waals surface area contributed by atoms with Crippen LogP contribution in [0.5, 0.6) is 0 Å². The van der Waals surface area contributed by atoms with Crippen molar-refractivity contribution in [3.05, 3.63) is 63.5 Å². The molecule has 1 amide bonds. The molecule has 36 heavy (non-hydrogen) atoms. The zero-order chi connectivity index (χ0) is 26.4. The SMILES string of the molecule is Cc1nc2cc(C(F)(F)F)c([C@H](C)Nc3ccc(C(=O)N4C[C@@H](C)O[C@@H](C)C4)nc3)cc2c(=O)n1C. The lowest BCUT2D eigenvalue weighted by Crippen LogP contribution is -2.48. The number of aryl methyl sites for hydroxylation is 1. The molecule has 4 rings (SSSR count). The van der Waals surface area contributed by atoms with Gasteiger partial charge in [-0.15, -0.1) is 0 Å². The number of carbonyl (C=O) groups is 1. The van der Waals surface area contributed by atoms with E-state index in [1.54, 1.807) is 24.8 Å². The molecule has 8 nitrogen and oxygen atoms in total. The van der Waals surface area contributed by atoms with Crippen molar-refractivity contribution in [2.75, 3.05) is 18.4 Å². The number of amides is 1. The van der Waals surface area contributed by atoms with Gasteiger partial charge in [0.2, 0.25) is 0 Å². The van der Waals surface area contributed by atoms with Gasteiger partial charge in [0.05, 0.1) is 40.6 Å². The number of hydrogen-bond donors (Lipinski definition) is 1. The van der Waals surface area contributed by atoms with Crippen LogP contribution in [0.2, 0.25) is 0 Å². The maximum absolute atomic E-state index is 13.9. The summed E-state index contributed by atoms with van der Waals surface area (Å²) >= 11 is 0. The van der Waals surface area contributed by atoms with Gasteiger partial charge in [0.15, 0.2) is 0 Å². The Morgan fingerprint density at radius 3 is 2.44 bits per heavy atom. The predicted molar refractivity (Wildman–Crippen MR) is 129 cm³/mol. The maximum atomic E-state index is 13.9. The van der Waals surface area contributed by atoms with E-state index in [9.17, 15) is 22.8 Å². The summed E-state index contributed by atoms with van der Waals surface area (Å²) in [4.78, 5) is 35.6. The summed E-state index contributed by atoms with van der Waals surface area (Å²) < 4.78 is 48.7. The Labute approximate surface area is 206 Å². The van der Waals surface area contributed by atoms with Crippen molar-refractivity contribution < 1.29 is 22.7 Å². The molecule has 0 radical (unpaired) electrons. The quantitative estimate of drug-likeness (QED) is 0.577. The number of morpholine rings is 1. The van der Waals surface area contributed by atoms with Crippen LogP contribution in [0, 0.1) is 6.92 Å². The molecule has 3 heterocycles. The second-order valence-corrected chi connectivity index (χ2v) is 9.24. The van der Waals surface area contributed by atoms with E-state index in [0.29, 0.717) is 24.6 Å². The first kappa shape index (κ1) is 25.6. The second kappa shape index (κ2) is 9.53. The van der Waals surface area contributed by atoms with E-state index in [1.807, 2.05) is 13.8 Å². The number of fused-ring (bicyclic) bond motifs is 1. The summed E-state index contributed by atoms with van der Waals surface area (Å²) in [7, 11) is 1.52. The van der Waals surface area contributed by atoms with Crippen molar-refractivity contribution in [3.8, 4) is 0 Å². The molecule has 1 saturated heterocycles. The minimum Gasteiger partial charge on any atom is -0.377 e. The van der Waals surface area contributed by atoms with E-state index in [-0.39, 0.29) is 40.3 Å². The minimum atomic E-state index is -4.64. The van der Waals surface area contributed by atoms with E-state index < -0.39 is 23.3 Å². The van der Waals surface area contributed by atoms with Gasteiger partial charge in [0.25, 0.3) is 11.5 Å². The summed E-state index contributed by atoms with van der Waals surface area (Å²) in [6.07, 6.45) is -3.40. The van der Waals surface area contributed by atoms with Crippen LogP contribution < -0.4 is 10.9 Å². The lowest BCUT2D eigenvalue weighted by Gasteiger charge is -2.35. The zero-order valence-electron chi connectivity index (χ0n) is 20.7. The Morgan fingerprint density at radius 1 is 1.19 bits per heavy atom. The van der Waals surface area contributed by atoms with Crippen molar-refractivity contribution in [1.82, 2.24) is 19.4 Å². The third kappa shape index (κ3) is 5.06. The molecule has 3 aromatic rings. The largest absolute Gasteiger partial charge is 0.416 e. The zero-order valence-corrected chi connectivity index (χ0v) is 20.7. The number of anilines is 1. The van der Waals surface area contributed by atoms with Crippen LogP contribution in [-0.4, -0.2) is 50.6 Å². The van der Waals surface area contributed by atoms with Crippen molar-refractivity contribution in [1.29, 1.82) is 0 Å². The molecule has 0 saturated carbocycles. The van der Waals surface area contributed by atoms with E-state index in [2.05, 4.69) is 15.3 Å². The molecule has 0 bridgehead atoms. The first-order chi connectivity index (χ1) is 16.8. The molecule has 1 aromatic carbocycles. The molecule has 1 fully saturated rings. The Balaban J connectivity index is 1.61. The van der Waals surface area contributed by atoms with Gasteiger partial charge >= 0.3 is 6.18 Å². The molecule has 1 N–H and O–H groups in total. The summed E-state index contributed by atoms with van der Waals surface area (Å²) in [6.45, 7) is 7.83. The van der Waals surface area contributed by atoms with Crippen molar-refractivity contribution in [3.63, 3.8) is 0 Å². The highest BCUT2D eigenvalue weighted by Crippen LogP contribution is 2.37. The molecular weight excluding hydrogens is 475 g/mol. The predicted octanol–water partition coefficient (Wildman–Crippen LogP) is 4.08. The topological polar surface area (TPSA) is 89.4 Å². The molecule has 0 spiro atoms. The number of halogens is 3. The molecule has 0 aliphatic carbocycles. The van der Waals surface area contributed by atoms with Gasteiger partial charge in [-0.1, -0.05) is 0 Å². The van der Waals surface area contributed by atoms with Gasteiger partial charge in [-0.2, -0.15) is 13.2 Å². The lowest BCUT2D eigenvalue weighted by atomic mass is 9.98. The molecule has 1 aliphatic rings. The Kier molecular flexibility index (Phi) is 6.78. The molecule has 1 aliphatic heterocycles. The number of nitrogens with zero attached hydrogens (tertiary/aromatic N) is 4. The number of hydrogen-bond acceptors (Lipinski definition) is 6. The summed E-state index contributed by atoms with van der Waals surface area (Å²) in [5, 5.41) is 3.11. The Bertz CT molecular complexity index is 1340. The van der Waals surface area contributed by atoms with Gasteiger partial charge in [-0.3, -0.25) is 14.2 Å². The number of carbonyl (C=O) groups excluding carboxylic acids is 1. The number of pyridine rings is 1. The van der Waals surface area contributed by atoms with Gasteiger partial charge in [-0.25, -0.2) is 9.97 Å². The molecule has 2 aromatic heterocycles. The third-order valence-corrected chi connectivity index (χ3v) is 6.32. The fourth-order valence-corrected chi connectivity index (χ4v) is 4.49. The number of nitrogens with one attached hydrogen (secondary N) is 1. The van der Waals surface area contributed by atoms with E-state index in [4.69, 9.17) is 4.74 Å². The van der Waals surface area contributed by atoms with Crippen LogP contribution in [0.4, 0.5) is 18.9 Å². The van der Waals surface area contributed by atoms with Crippen LogP contribution in [0.15, 0.2) is 35.3 Å². The van der Waals surface area contributed by atoms with E-state index in [1.165, 1.54) is 29.9 Å². The van der Waals surface area contributed by atoms with E-state index in [0.717, 1.165) is 6.07 Å². The van der Waals surface area contributed by atoms with Crippen molar-refractivity contribution >= 4 is 22.5 Å². The summed E-state index contributed by atoms with van der Waals surface area (Å²) in [5.74, 6) is 0.0883. The molecule has 11 heteroatoms. The normalized spacial score (nSPS) is 19.4. The second-order valence-electron chi connectivity index (χ2n) is 9.24. The fraction of sp³-hybridized carbons (Fsp3) is 0.440. The molecule has 0 unspecified atom stereocenters. The molecular formula is C25H28F3N5O3. The van der Waals surface area contributed by atoms with Crippen LogP contribution in [0.3, 0.4) is 0 Å². The fourth-order valence-electron chi connectivity index (χ4n) is 4.49. The summed E-state index contributed by atoms with van der Waals surface area (Å²) in [5.41, 5.74) is -0.710. The van der Waals surface area contributed by atoms with Gasteiger partial charge < -0.3 is 15.0 Å². The van der Waals surface area contributed by atoms with Gasteiger partial charge in [0.1, 0.15) is 11.5 Å². The standard InChI is InChI=1S/C25H28F3N5O3/c1-13-11-33(12-14(2)36-13)24(35)21-7-6-17(10-29-21)30-15(3)18-8-19-22(9-20(18)25(26,27)28)31-16(4)32(5)23(19)34/h6-10,13-15,30H,11-12H2,1-5H3/t13-,14+,15-/m0/s1. The molecule has 3 atom stereocenters. The van der Waals surface area contributed by atoms with Crippen LogP contribution in [-0.2, 0) is 18.0 Å². The number of alkyl halides is 3. The summed E-state index contributed by atoms with van der Waals surface area (Å²) in [6, 6.07) is 4.48. The van der Waals surface area contributed by atoms with Crippen LogP contribution in [0.1, 0.15) is 54.3 Å². The van der Waals surface area contributed by atoms with Crippen LogP contribution >= 0.6 is 0 Å². The first-order valence-electron chi connectivity index (χ1n) is 11.6. The van der Waals surface area contributed by atoms with Gasteiger partial charge in [-0.05, 0) is 57.5 Å². The number of aromatic nitrogens is 3. The van der Waals surface area contributed by atoms with Crippen LogP contribution in [0.25, 0.3) is 10.9 Å². The highest BCUT2D eigenvalue weighted by molar-refractivity contribution is 5.92. The Hall–Kier alpha value is -3.47. The lowest BCUT2D eigenvalue weighted by molar-refractivity contribution is -0.138. The molecule has 192 valence electrons. The first-order valence-corrected chi connectivity index (χ1v) is 11.6. The average molecular weight is 504 g/mol. The maximum Gasteiger partial charge on any atom is 0.416 e. The Morgan fingerprint density at radius 2 is 1.86 bits per heavy atom.